The average molecular weight is 316 g/mol. The SMILES string of the molecule is FC(F)(F)[C@@H]1CCCn2c(CNC3CCCCCC3)nnc21. The van der Waals surface area contributed by atoms with Gasteiger partial charge in [-0.25, -0.2) is 0 Å². The summed E-state index contributed by atoms with van der Waals surface area (Å²) in [5, 5.41) is 11.3. The van der Waals surface area contributed by atoms with Crippen LogP contribution in [-0.4, -0.2) is 27.0 Å². The predicted molar refractivity (Wildman–Crippen MR) is 76.4 cm³/mol. The number of hydrogen-bond donors (Lipinski definition) is 1. The van der Waals surface area contributed by atoms with Gasteiger partial charge in [-0.3, -0.25) is 0 Å². The third-order valence-corrected chi connectivity index (χ3v) is 4.84. The Morgan fingerprint density at radius 1 is 1.00 bits per heavy atom. The van der Waals surface area contributed by atoms with Crippen LogP contribution in [0.15, 0.2) is 0 Å². The molecule has 2 heterocycles. The lowest BCUT2D eigenvalue weighted by Crippen LogP contribution is -2.31. The molecule has 0 saturated heterocycles. The van der Waals surface area contributed by atoms with Crippen LogP contribution in [0, 0.1) is 0 Å². The zero-order chi connectivity index (χ0) is 15.6. The first-order chi connectivity index (χ1) is 10.6. The summed E-state index contributed by atoms with van der Waals surface area (Å²) in [6.07, 6.45) is 3.74. The van der Waals surface area contributed by atoms with Crippen LogP contribution in [0.1, 0.15) is 68.9 Å². The number of hydrogen-bond acceptors (Lipinski definition) is 3. The van der Waals surface area contributed by atoms with Crippen LogP contribution in [0.3, 0.4) is 0 Å². The van der Waals surface area contributed by atoms with Gasteiger partial charge in [0.2, 0.25) is 0 Å². The van der Waals surface area contributed by atoms with Crippen molar-refractivity contribution >= 4 is 0 Å². The van der Waals surface area contributed by atoms with E-state index in [0.717, 1.165) is 12.8 Å². The minimum absolute atomic E-state index is 0.0939. The van der Waals surface area contributed by atoms with Crippen molar-refractivity contribution in [2.75, 3.05) is 0 Å². The maximum Gasteiger partial charge on any atom is 0.398 e. The van der Waals surface area contributed by atoms with Gasteiger partial charge in [-0.2, -0.15) is 13.2 Å². The molecule has 1 aromatic rings. The van der Waals surface area contributed by atoms with Crippen molar-refractivity contribution in [1.29, 1.82) is 0 Å². The second-order valence-electron chi connectivity index (χ2n) is 6.43. The molecular formula is C15H23F3N4. The lowest BCUT2D eigenvalue weighted by molar-refractivity contribution is -0.156. The van der Waals surface area contributed by atoms with E-state index in [-0.39, 0.29) is 12.2 Å². The Morgan fingerprint density at radius 3 is 2.41 bits per heavy atom. The highest BCUT2D eigenvalue weighted by Gasteiger charge is 2.45. The van der Waals surface area contributed by atoms with E-state index in [1.54, 1.807) is 4.57 Å². The topological polar surface area (TPSA) is 42.7 Å². The van der Waals surface area contributed by atoms with Gasteiger partial charge in [-0.15, -0.1) is 10.2 Å². The van der Waals surface area contributed by atoms with Gasteiger partial charge in [0.05, 0.1) is 6.54 Å². The fraction of sp³-hybridized carbons (Fsp3) is 0.867. The van der Waals surface area contributed by atoms with Gasteiger partial charge in [-0.05, 0) is 25.7 Å². The number of rotatable bonds is 3. The van der Waals surface area contributed by atoms with Crippen molar-refractivity contribution in [3.05, 3.63) is 11.6 Å². The predicted octanol–water partition coefficient (Wildman–Crippen LogP) is 3.53. The molecule has 1 aliphatic heterocycles. The Bertz CT molecular complexity index is 489. The van der Waals surface area contributed by atoms with Crippen LogP contribution in [0.25, 0.3) is 0 Å². The van der Waals surface area contributed by atoms with Gasteiger partial charge in [-0.1, -0.05) is 25.7 Å². The summed E-state index contributed by atoms with van der Waals surface area (Å²) in [6.45, 7) is 1.11. The molecule has 0 unspecified atom stereocenters. The van der Waals surface area contributed by atoms with Crippen LogP contribution in [-0.2, 0) is 13.1 Å². The molecule has 0 amide bonds. The zero-order valence-electron chi connectivity index (χ0n) is 12.7. The molecular weight excluding hydrogens is 293 g/mol. The highest BCUT2D eigenvalue weighted by atomic mass is 19.4. The van der Waals surface area contributed by atoms with Crippen LogP contribution >= 0.6 is 0 Å². The van der Waals surface area contributed by atoms with E-state index >= 15 is 0 Å². The number of alkyl halides is 3. The second kappa shape index (κ2) is 6.56. The fourth-order valence-electron chi connectivity index (χ4n) is 3.59. The fourth-order valence-corrected chi connectivity index (χ4v) is 3.59. The van der Waals surface area contributed by atoms with Gasteiger partial charge in [0.25, 0.3) is 0 Å². The molecule has 3 rings (SSSR count). The lowest BCUT2D eigenvalue weighted by Gasteiger charge is -2.25. The summed E-state index contributed by atoms with van der Waals surface area (Å²) in [6, 6.07) is 0.456. The third kappa shape index (κ3) is 3.45. The van der Waals surface area contributed by atoms with E-state index in [2.05, 4.69) is 15.5 Å². The number of nitrogens with zero attached hydrogens (tertiary/aromatic N) is 3. The summed E-state index contributed by atoms with van der Waals surface area (Å²) in [4.78, 5) is 0. The minimum Gasteiger partial charge on any atom is -0.313 e. The Hall–Kier alpha value is -1.11. The van der Waals surface area contributed by atoms with Crippen molar-refractivity contribution in [3.63, 3.8) is 0 Å². The van der Waals surface area contributed by atoms with Crippen LogP contribution in [0.5, 0.6) is 0 Å². The molecule has 4 nitrogen and oxygen atoms in total. The largest absolute Gasteiger partial charge is 0.398 e. The first kappa shape index (κ1) is 15.8. The van der Waals surface area contributed by atoms with Gasteiger partial charge < -0.3 is 9.88 Å². The van der Waals surface area contributed by atoms with Crippen LogP contribution < -0.4 is 5.32 Å². The summed E-state index contributed by atoms with van der Waals surface area (Å²) in [5.74, 6) is -0.718. The summed E-state index contributed by atoms with van der Waals surface area (Å²) in [7, 11) is 0. The minimum atomic E-state index is -4.23. The van der Waals surface area contributed by atoms with Crippen molar-refractivity contribution in [2.45, 2.75) is 82.6 Å². The summed E-state index contributed by atoms with van der Waals surface area (Å²) < 4.78 is 40.8. The van der Waals surface area contributed by atoms with E-state index in [9.17, 15) is 13.2 Å². The van der Waals surface area contributed by atoms with Crippen LogP contribution in [0.2, 0.25) is 0 Å². The highest BCUT2D eigenvalue weighted by Crippen LogP contribution is 2.40. The molecule has 7 heteroatoms. The van der Waals surface area contributed by atoms with Crippen molar-refractivity contribution < 1.29 is 13.2 Å². The Balaban J connectivity index is 1.67. The quantitative estimate of drug-likeness (QED) is 0.868. The van der Waals surface area contributed by atoms with Crippen molar-refractivity contribution in [1.82, 2.24) is 20.1 Å². The lowest BCUT2D eigenvalue weighted by atomic mass is 9.98. The van der Waals surface area contributed by atoms with Crippen LogP contribution in [0.4, 0.5) is 13.2 Å². The van der Waals surface area contributed by atoms with Gasteiger partial charge in [0.1, 0.15) is 17.6 Å². The molecule has 2 aliphatic rings. The van der Waals surface area contributed by atoms with Gasteiger partial charge in [0.15, 0.2) is 0 Å². The zero-order valence-corrected chi connectivity index (χ0v) is 12.7. The molecule has 1 fully saturated rings. The maximum atomic E-state index is 13.1. The van der Waals surface area contributed by atoms with Crippen molar-refractivity contribution in [3.8, 4) is 0 Å². The van der Waals surface area contributed by atoms with E-state index in [1.165, 1.54) is 25.7 Å². The first-order valence-electron chi connectivity index (χ1n) is 8.28. The molecule has 124 valence electrons. The Labute approximate surface area is 128 Å². The molecule has 1 saturated carbocycles. The highest BCUT2D eigenvalue weighted by molar-refractivity contribution is 5.07. The average Bonchev–Trinajstić information content (AvgIpc) is 2.71. The van der Waals surface area contributed by atoms with E-state index < -0.39 is 12.1 Å². The number of nitrogens with one attached hydrogen (secondary N) is 1. The number of halogens is 3. The molecule has 0 bridgehead atoms. The maximum absolute atomic E-state index is 13.1. The van der Waals surface area contributed by atoms with E-state index in [1.807, 2.05) is 0 Å². The summed E-state index contributed by atoms with van der Waals surface area (Å²) >= 11 is 0. The third-order valence-electron chi connectivity index (χ3n) is 4.84. The molecule has 0 spiro atoms. The smallest absolute Gasteiger partial charge is 0.313 e. The van der Waals surface area contributed by atoms with Gasteiger partial charge in [0, 0.05) is 12.6 Å². The van der Waals surface area contributed by atoms with E-state index in [4.69, 9.17) is 0 Å². The normalized spacial score (nSPS) is 24.0. The molecule has 1 aromatic heterocycles. The standard InChI is InChI=1S/C15H23F3N4/c16-15(17,18)12-8-5-9-22-13(20-21-14(12)22)10-19-11-6-3-1-2-4-7-11/h11-12,19H,1-10H2/t12-/m1/s1. The summed E-state index contributed by atoms with van der Waals surface area (Å²) in [5.41, 5.74) is 0. The number of aromatic nitrogens is 3. The first-order valence-corrected chi connectivity index (χ1v) is 8.28. The molecule has 0 radical (unpaired) electrons. The second-order valence-corrected chi connectivity index (χ2v) is 6.43. The number of fused-ring (bicyclic) bond motifs is 1. The molecule has 1 N–H and O–H groups in total. The Morgan fingerprint density at radius 2 is 1.73 bits per heavy atom. The molecule has 1 aliphatic carbocycles. The van der Waals surface area contributed by atoms with Gasteiger partial charge >= 0.3 is 6.18 Å². The van der Waals surface area contributed by atoms with Crippen molar-refractivity contribution in [2.24, 2.45) is 0 Å². The molecule has 1 atom stereocenters. The molecule has 0 aromatic carbocycles. The monoisotopic (exact) mass is 316 g/mol. The molecule has 22 heavy (non-hydrogen) atoms. The Kier molecular flexibility index (Phi) is 4.70. The van der Waals surface area contributed by atoms with E-state index in [0.29, 0.717) is 31.4 Å².